The highest BCUT2D eigenvalue weighted by Crippen LogP contribution is 2.34. The maximum Gasteiger partial charge on any atom is 0.308 e. The van der Waals surface area contributed by atoms with Crippen LogP contribution in [0.2, 0.25) is 0 Å². The molecule has 494 valence electrons. The quantitative estimate of drug-likeness (QED) is 0.0219. The van der Waals surface area contributed by atoms with Crippen LogP contribution in [-0.4, -0.2) is 230 Å². The van der Waals surface area contributed by atoms with Crippen LogP contribution in [0.15, 0.2) is 87.2 Å². The van der Waals surface area contributed by atoms with Gasteiger partial charge in [0, 0.05) is 75.0 Å². The number of ether oxygens (including phenoxy) is 11. The minimum Gasteiger partial charge on any atom is -0.460 e. The number of benzene rings is 3. The van der Waals surface area contributed by atoms with E-state index in [1.165, 1.54) is 4.31 Å². The molecule has 0 spiro atoms. The van der Waals surface area contributed by atoms with Gasteiger partial charge in [0.25, 0.3) is 0 Å². The summed E-state index contributed by atoms with van der Waals surface area (Å²) in [7, 11) is -3.70. The maximum absolute atomic E-state index is 14.1. The van der Waals surface area contributed by atoms with Gasteiger partial charge in [0.1, 0.15) is 11.4 Å². The van der Waals surface area contributed by atoms with Crippen LogP contribution in [0.25, 0.3) is 17.2 Å². The van der Waals surface area contributed by atoms with Gasteiger partial charge < -0.3 is 78.5 Å². The fourth-order valence-corrected chi connectivity index (χ4v) is 10.5. The van der Waals surface area contributed by atoms with Crippen molar-refractivity contribution >= 4 is 51.1 Å². The lowest BCUT2D eigenvalue weighted by molar-refractivity contribution is -0.156. The molecule has 5 N–H and O–H groups in total. The van der Waals surface area contributed by atoms with Gasteiger partial charge in [-0.05, 0) is 100 Å². The van der Waals surface area contributed by atoms with Crippen molar-refractivity contribution < 1.29 is 75.2 Å². The second-order valence-corrected chi connectivity index (χ2v) is 23.8. The van der Waals surface area contributed by atoms with Gasteiger partial charge in [0.05, 0.1) is 161 Å². The fraction of sp³-hybridized carbons (Fsp3) is 0.609. The molecular weight excluding hydrogens is 1170 g/mol. The molecular formula is C64H96N8O16S. The number of nitriles is 1. The summed E-state index contributed by atoms with van der Waals surface area (Å²) in [5.74, 6) is 0.456. The van der Waals surface area contributed by atoms with E-state index in [-0.39, 0.29) is 42.1 Å². The number of aliphatic imine (C=N–C) groups is 2. The van der Waals surface area contributed by atoms with Crippen LogP contribution in [-0.2, 0) is 71.7 Å². The Bertz CT molecular complexity index is 2790. The highest BCUT2D eigenvalue weighted by molar-refractivity contribution is 7.89. The number of amides is 1. The van der Waals surface area contributed by atoms with E-state index in [9.17, 15) is 28.4 Å². The Morgan fingerprint density at radius 2 is 1.27 bits per heavy atom. The minimum atomic E-state index is -3.70. The highest BCUT2D eigenvalue weighted by Gasteiger charge is 2.36. The van der Waals surface area contributed by atoms with Gasteiger partial charge in [-0.1, -0.05) is 37.3 Å². The summed E-state index contributed by atoms with van der Waals surface area (Å²) < 4.78 is 88.7. The number of nitrogens with zero attached hydrogens (tertiary/aromatic N) is 5. The smallest absolute Gasteiger partial charge is 0.308 e. The van der Waals surface area contributed by atoms with Gasteiger partial charge in [-0.25, -0.2) is 13.4 Å². The van der Waals surface area contributed by atoms with E-state index in [0.717, 1.165) is 42.5 Å². The van der Waals surface area contributed by atoms with E-state index >= 15 is 0 Å². The largest absolute Gasteiger partial charge is 0.460 e. The van der Waals surface area contributed by atoms with Crippen LogP contribution < -0.4 is 16.4 Å². The number of hydrogen-bond donors (Lipinski definition) is 4. The summed E-state index contributed by atoms with van der Waals surface area (Å²) in [4.78, 5) is 37.3. The first-order valence-corrected chi connectivity index (χ1v) is 32.4. The molecule has 5 rings (SSSR count). The first kappa shape index (κ1) is 73.8. The van der Waals surface area contributed by atoms with Crippen molar-refractivity contribution in [2.75, 3.05) is 183 Å². The lowest BCUT2D eigenvalue weighted by Gasteiger charge is -2.36. The lowest BCUT2D eigenvalue weighted by Crippen LogP contribution is -2.51. The number of sulfonamides is 1. The molecule has 0 atom stereocenters. The number of aliphatic hydroxyl groups is 1. The normalized spacial score (nSPS) is 13.9. The van der Waals surface area contributed by atoms with E-state index in [1.807, 2.05) is 75.1 Å². The van der Waals surface area contributed by atoms with Crippen LogP contribution in [0.3, 0.4) is 0 Å². The van der Waals surface area contributed by atoms with Gasteiger partial charge in [-0.15, -0.1) is 0 Å². The van der Waals surface area contributed by atoms with Gasteiger partial charge in [0.15, 0.2) is 5.96 Å². The summed E-state index contributed by atoms with van der Waals surface area (Å²) >= 11 is 0. The zero-order valence-corrected chi connectivity index (χ0v) is 53.4. The van der Waals surface area contributed by atoms with E-state index < -0.39 is 15.6 Å². The zero-order valence-electron chi connectivity index (χ0n) is 52.6. The second-order valence-electron chi connectivity index (χ2n) is 21.9. The van der Waals surface area contributed by atoms with E-state index in [4.69, 9.17) is 62.8 Å². The number of nitrogens with two attached hydrogens (primary N) is 1. The SMILES string of the molecule is CCCN(CCCCCN=C(NCCOCCOCCOCCOCCOCCOCCOCCOCCOCCOCCC(=O)OC(C)(C)C)Nc1cccc(C#N)c1)C(=O)C1=Cc2ccc(-c3cccc(S(=O)(=O)N4CC(CO)C4)c3)cc2N=C(N)C1. The summed E-state index contributed by atoms with van der Waals surface area (Å²) in [5, 5.41) is 25.5. The predicted molar refractivity (Wildman–Crippen MR) is 340 cm³/mol. The summed E-state index contributed by atoms with van der Waals surface area (Å²) in [6, 6.07) is 21.8. The van der Waals surface area contributed by atoms with Gasteiger partial charge in [0.2, 0.25) is 15.9 Å². The van der Waals surface area contributed by atoms with Crippen molar-refractivity contribution in [3.63, 3.8) is 0 Å². The standard InChI is InChI=1S/C64H96N8O16S/c1-5-20-71(62(75)56-43-55-16-15-54(45-59(55)70-60(66)46-56)53-12-10-14-58(44-53)89(76,77)72-48-52(49-72)50-73)21-8-6-7-18-67-63(69-57-13-9-11-51(42-57)47-65)68-19-23-79-25-27-81-29-31-83-33-35-85-37-39-87-41-40-86-38-36-84-34-32-82-30-28-80-26-24-78-22-17-61(74)88-64(2,3)4/h9-16,42-45,52,73H,5-8,17-41,46,48-50H2,1-4H3,(H2,66,70)(H2,67,68,69). The fourth-order valence-electron chi connectivity index (χ4n) is 8.91. The Labute approximate surface area is 526 Å². The molecule has 3 aromatic carbocycles. The highest BCUT2D eigenvalue weighted by atomic mass is 32.2. The molecule has 0 bridgehead atoms. The van der Waals surface area contributed by atoms with Crippen molar-refractivity contribution in [1.29, 1.82) is 5.26 Å². The molecule has 2 aliphatic rings. The Balaban J connectivity index is 0.866. The first-order chi connectivity index (χ1) is 43.2. The Morgan fingerprint density at radius 3 is 1.82 bits per heavy atom. The van der Waals surface area contributed by atoms with Crippen molar-refractivity contribution in [2.24, 2.45) is 21.6 Å². The molecule has 24 nitrogen and oxygen atoms in total. The number of nitrogens with one attached hydrogen (secondary N) is 2. The Kier molecular flexibility index (Phi) is 35.6. The number of hydrogen-bond acceptors (Lipinski definition) is 20. The topological polar surface area (TPSA) is 295 Å². The van der Waals surface area contributed by atoms with Gasteiger partial charge >= 0.3 is 5.97 Å². The third-order valence-electron chi connectivity index (χ3n) is 13.4. The predicted octanol–water partition coefficient (Wildman–Crippen LogP) is 5.98. The van der Waals surface area contributed by atoms with Gasteiger partial charge in [-0.3, -0.25) is 14.6 Å². The number of carbonyl (C=O) groups excluding carboxylic acids is 2. The second kappa shape index (κ2) is 42.9. The summed E-state index contributed by atoms with van der Waals surface area (Å²) in [6.07, 6.45) is 5.44. The van der Waals surface area contributed by atoms with Crippen LogP contribution >= 0.6 is 0 Å². The number of rotatable bonds is 47. The number of esters is 1. The maximum atomic E-state index is 14.1. The van der Waals surface area contributed by atoms with Gasteiger partial charge in [-0.2, -0.15) is 9.57 Å². The molecule has 2 heterocycles. The van der Waals surface area contributed by atoms with E-state index in [1.54, 1.807) is 30.3 Å². The number of unbranched alkanes of at least 4 members (excludes halogenated alkanes) is 2. The van der Waals surface area contributed by atoms with Crippen LogP contribution in [0.5, 0.6) is 0 Å². The first-order valence-electron chi connectivity index (χ1n) is 30.9. The Hall–Kier alpha value is -5.96. The molecule has 2 aliphatic heterocycles. The summed E-state index contributed by atoms with van der Waals surface area (Å²) in [6.45, 7) is 18.9. The molecule has 89 heavy (non-hydrogen) atoms. The molecule has 0 aliphatic carbocycles. The molecule has 0 unspecified atom stereocenters. The average molecular weight is 1270 g/mol. The number of aliphatic hydroxyl groups excluding tert-OH is 1. The number of anilines is 1. The third-order valence-corrected chi connectivity index (χ3v) is 15.2. The number of fused-ring (bicyclic) bond motifs is 1. The summed E-state index contributed by atoms with van der Waals surface area (Å²) in [5.41, 5.74) is 10.6. The monoisotopic (exact) mass is 1260 g/mol. The third kappa shape index (κ3) is 30.1. The van der Waals surface area contributed by atoms with Crippen LogP contribution in [0.1, 0.15) is 77.3 Å². The van der Waals surface area contributed by atoms with Crippen LogP contribution in [0.4, 0.5) is 11.4 Å². The zero-order chi connectivity index (χ0) is 63.8. The van der Waals surface area contributed by atoms with Crippen molar-refractivity contribution in [2.45, 2.75) is 76.7 Å². The number of guanidine groups is 1. The van der Waals surface area contributed by atoms with Crippen LogP contribution in [0, 0.1) is 17.2 Å². The van der Waals surface area contributed by atoms with E-state index in [0.29, 0.717) is 206 Å². The molecule has 1 amide bonds. The Morgan fingerprint density at radius 1 is 0.719 bits per heavy atom. The lowest BCUT2D eigenvalue weighted by atomic mass is 10.0. The number of carbonyl (C=O) groups is 2. The van der Waals surface area contributed by atoms with Crippen molar-refractivity contribution in [3.05, 3.63) is 83.4 Å². The molecule has 0 aromatic heterocycles. The molecule has 25 heteroatoms. The molecule has 0 saturated carbocycles. The van der Waals surface area contributed by atoms with E-state index in [2.05, 4.69) is 21.7 Å². The van der Waals surface area contributed by atoms with Crippen molar-refractivity contribution in [3.8, 4) is 17.2 Å². The van der Waals surface area contributed by atoms with Crippen molar-refractivity contribution in [1.82, 2.24) is 14.5 Å². The minimum absolute atomic E-state index is 0.0442. The number of amidine groups is 1. The molecule has 0 radical (unpaired) electrons. The molecule has 3 aromatic rings. The average Bonchev–Trinajstić information content (AvgIpc) is 1.41. The molecule has 1 fully saturated rings. The molecule has 1 saturated heterocycles.